The summed E-state index contributed by atoms with van der Waals surface area (Å²) in [5, 5.41) is 6.18. The molecule has 1 aliphatic rings. The third-order valence-electron chi connectivity index (χ3n) is 4.04. The van der Waals surface area contributed by atoms with Crippen molar-refractivity contribution in [2.75, 3.05) is 18.9 Å². The second-order valence-corrected chi connectivity index (χ2v) is 6.52. The highest BCUT2D eigenvalue weighted by atomic mass is 32.1. The van der Waals surface area contributed by atoms with Gasteiger partial charge in [-0.2, -0.15) is 0 Å². The van der Waals surface area contributed by atoms with E-state index in [9.17, 15) is 4.79 Å². The molecule has 0 spiro atoms. The first-order valence-electron chi connectivity index (χ1n) is 7.37. The first-order chi connectivity index (χ1) is 10.2. The average Bonchev–Trinajstić information content (AvgIpc) is 2.90. The SMILES string of the molecule is CNc1nc(CN2CCC(C)CCC2=O)nc2sccc12. The molecule has 21 heavy (non-hydrogen) atoms. The topological polar surface area (TPSA) is 58.1 Å². The molecule has 0 bridgehead atoms. The van der Waals surface area contributed by atoms with Crippen LogP contribution >= 0.6 is 11.3 Å². The van der Waals surface area contributed by atoms with Crippen LogP contribution < -0.4 is 5.32 Å². The van der Waals surface area contributed by atoms with Crippen molar-refractivity contribution in [3.8, 4) is 0 Å². The van der Waals surface area contributed by atoms with E-state index in [1.807, 2.05) is 23.4 Å². The molecule has 6 heteroatoms. The summed E-state index contributed by atoms with van der Waals surface area (Å²) < 4.78 is 0. The van der Waals surface area contributed by atoms with Crippen molar-refractivity contribution in [3.63, 3.8) is 0 Å². The van der Waals surface area contributed by atoms with Gasteiger partial charge in [-0.25, -0.2) is 9.97 Å². The second kappa shape index (κ2) is 5.97. The molecular weight excluding hydrogens is 284 g/mol. The number of hydrogen-bond donors (Lipinski definition) is 1. The molecular formula is C15H20N4OS. The van der Waals surface area contributed by atoms with E-state index in [-0.39, 0.29) is 5.91 Å². The summed E-state index contributed by atoms with van der Waals surface area (Å²) in [5.74, 6) is 2.40. The Morgan fingerprint density at radius 1 is 1.43 bits per heavy atom. The highest BCUT2D eigenvalue weighted by Crippen LogP contribution is 2.25. The van der Waals surface area contributed by atoms with Crippen LogP contribution in [0.15, 0.2) is 11.4 Å². The number of carbonyl (C=O) groups excluding carboxylic acids is 1. The molecule has 0 radical (unpaired) electrons. The number of fused-ring (bicyclic) bond motifs is 1. The maximum Gasteiger partial charge on any atom is 0.222 e. The standard InChI is InChI=1S/C15H20N4OS/c1-10-3-4-13(20)19(7-5-10)9-12-17-14(16-2)11-6-8-21-15(11)18-12/h6,8,10H,3-5,7,9H2,1-2H3,(H,16,17,18). The zero-order valence-corrected chi connectivity index (χ0v) is 13.2. The van der Waals surface area contributed by atoms with Crippen LogP contribution in [0, 0.1) is 5.92 Å². The molecule has 1 unspecified atom stereocenters. The lowest BCUT2D eigenvalue weighted by atomic mass is 10.0. The Balaban J connectivity index is 1.85. The van der Waals surface area contributed by atoms with Gasteiger partial charge < -0.3 is 10.2 Å². The second-order valence-electron chi connectivity index (χ2n) is 5.63. The molecule has 0 aliphatic carbocycles. The lowest BCUT2D eigenvalue weighted by Crippen LogP contribution is -2.30. The summed E-state index contributed by atoms with van der Waals surface area (Å²) in [4.78, 5) is 24.2. The number of hydrogen-bond acceptors (Lipinski definition) is 5. The quantitative estimate of drug-likeness (QED) is 0.947. The fourth-order valence-electron chi connectivity index (χ4n) is 2.67. The van der Waals surface area contributed by atoms with Crippen molar-refractivity contribution >= 4 is 33.3 Å². The number of nitrogens with zero attached hydrogens (tertiary/aromatic N) is 3. The molecule has 1 N–H and O–H groups in total. The summed E-state index contributed by atoms with van der Waals surface area (Å²) in [6, 6.07) is 2.02. The van der Waals surface area contributed by atoms with Crippen LogP contribution in [0.5, 0.6) is 0 Å². The monoisotopic (exact) mass is 304 g/mol. The number of anilines is 1. The van der Waals surface area contributed by atoms with Gasteiger partial charge in [0.1, 0.15) is 10.6 Å². The van der Waals surface area contributed by atoms with Crippen LogP contribution in [-0.2, 0) is 11.3 Å². The average molecular weight is 304 g/mol. The third-order valence-corrected chi connectivity index (χ3v) is 4.84. The first-order valence-corrected chi connectivity index (χ1v) is 8.25. The number of amides is 1. The zero-order valence-electron chi connectivity index (χ0n) is 12.4. The highest BCUT2D eigenvalue weighted by molar-refractivity contribution is 7.16. The van der Waals surface area contributed by atoms with Gasteiger partial charge in [0.25, 0.3) is 0 Å². The molecule has 2 aromatic heterocycles. The maximum atomic E-state index is 12.2. The van der Waals surface area contributed by atoms with Gasteiger partial charge in [0, 0.05) is 20.0 Å². The van der Waals surface area contributed by atoms with Gasteiger partial charge in [-0.3, -0.25) is 4.79 Å². The summed E-state index contributed by atoms with van der Waals surface area (Å²) in [7, 11) is 1.86. The molecule has 112 valence electrons. The van der Waals surface area contributed by atoms with E-state index < -0.39 is 0 Å². The molecule has 1 amide bonds. The van der Waals surface area contributed by atoms with E-state index in [0.717, 1.165) is 41.2 Å². The fourth-order valence-corrected chi connectivity index (χ4v) is 3.45. The van der Waals surface area contributed by atoms with Gasteiger partial charge in [0.2, 0.25) is 5.91 Å². The van der Waals surface area contributed by atoms with Gasteiger partial charge in [0.05, 0.1) is 11.9 Å². The number of rotatable bonds is 3. The molecule has 1 saturated heterocycles. The molecule has 0 saturated carbocycles. The molecule has 1 atom stereocenters. The minimum absolute atomic E-state index is 0.222. The van der Waals surface area contributed by atoms with E-state index in [2.05, 4.69) is 22.2 Å². The molecule has 1 aliphatic heterocycles. The summed E-state index contributed by atoms with van der Waals surface area (Å²) in [6.45, 7) is 3.53. The van der Waals surface area contributed by atoms with Gasteiger partial charge in [-0.1, -0.05) is 6.92 Å². The van der Waals surface area contributed by atoms with E-state index in [1.54, 1.807) is 11.3 Å². The van der Waals surface area contributed by atoms with Gasteiger partial charge in [-0.05, 0) is 30.2 Å². The molecule has 5 nitrogen and oxygen atoms in total. The van der Waals surface area contributed by atoms with Crippen molar-refractivity contribution in [1.82, 2.24) is 14.9 Å². The number of carbonyl (C=O) groups is 1. The fraction of sp³-hybridized carbons (Fsp3) is 0.533. The van der Waals surface area contributed by atoms with Crippen LogP contribution in [0.3, 0.4) is 0 Å². The Hall–Kier alpha value is -1.69. The molecule has 1 fully saturated rings. The lowest BCUT2D eigenvalue weighted by Gasteiger charge is -2.20. The van der Waals surface area contributed by atoms with Crippen molar-refractivity contribution < 1.29 is 4.79 Å². The van der Waals surface area contributed by atoms with Crippen molar-refractivity contribution in [2.24, 2.45) is 5.92 Å². The largest absolute Gasteiger partial charge is 0.372 e. The maximum absolute atomic E-state index is 12.2. The van der Waals surface area contributed by atoms with E-state index >= 15 is 0 Å². The summed E-state index contributed by atoms with van der Waals surface area (Å²) >= 11 is 1.60. The Bertz CT molecular complexity index is 654. The summed E-state index contributed by atoms with van der Waals surface area (Å²) in [5.41, 5.74) is 0. The Morgan fingerprint density at radius 3 is 3.10 bits per heavy atom. The van der Waals surface area contributed by atoms with Gasteiger partial charge in [0.15, 0.2) is 5.82 Å². The van der Waals surface area contributed by atoms with Gasteiger partial charge in [-0.15, -0.1) is 11.3 Å². The molecule has 0 aromatic carbocycles. The number of likely N-dealkylation sites (tertiary alicyclic amines) is 1. The minimum Gasteiger partial charge on any atom is -0.372 e. The predicted molar refractivity (Wildman–Crippen MR) is 85.4 cm³/mol. The Morgan fingerprint density at radius 2 is 2.29 bits per heavy atom. The van der Waals surface area contributed by atoms with Crippen molar-refractivity contribution in [3.05, 3.63) is 17.3 Å². The Kier molecular flexibility index (Phi) is 4.05. The van der Waals surface area contributed by atoms with Crippen LogP contribution in [-0.4, -0.2) is 34.4 Å². The lowest BCUT2D eigenvalue weighted by molar-refractivity contribution is -0.131. The minimum atomic E-state index is 0.222. The number of aromatic nitrogens is 2. The third kappa shape index (κ3) is 3.00. The van der Waals surface area contributed by atoms with Gasteiger partial charge >= 0.3 is 0 Å². The zero-order chi connectivity index (χ0) is 14.8. The van der Waals surface area contributed by atoms with Crippen LogP contribution in [0.25, 0.3) is 10.2 Å². The van der Waals surface area contributed by atoms with E-state index in [1.165, 1.54) is 0 Å². The predicted octanol–water partition coefficient (Wildman–Crippen LogP) is 2.88. The Labute approximate surface area is 128 Å². The van der Waals surface area contributed by atoms with Crippen LogP contribution in [0.2, 0.25) is 0 Å². The van der Waals surface area contributed by atoms with Crippen molar-refractivity contribution in [2.45, 2.75) is 32.7 Å². The number of nitrogens with one attached hydrogen (secondary N) is 1. The molecule has 3 rings (SSSR count). The number of thiophene rings is 1. The van der Waals surface area contributed by atoms with E-state index in [0.29, 0.717) is 18.9 Å². The normalized spacial score (nSPS) is 19.8. The molecule has 3 heterocycles. The van der Waals surface area contributed by atoms with Crippen LogP contribution in [0.4, 0.5) is 5.82 Å². The summed E-state index contributed by atoms with van der Waals surface area (Å²) in [6.07, 6.45) is 2.69. The van der Waals surface area contributed by atoms with E-state index in [4.69, 9.17) is 0 Å². The first kappa shape index (κ1) is 14.3. The van der Waals surface area contributed by atoms with Crippen molar-refractivity contribution in [1.29, 1.82) is 0 Å². The smallest absolute Gasteiger partial charge is 0.222 e. The van der Waals surface area contributed by atoms with Crippen LogP contribution in [0.1, 0.15) is 32.0 Å². The molecule has 2 aromatic rings. The highest BCUT2D eigenvalue weighted by Gasteiger charge is 2.21.